The molecule has 2 rings (SSSR count). The molecule has 0 aliphatic carbocycles. The summed E-state index contributed by atoms with van der Waals surface area (Å²) in [5.74, 6) is 1.32. The van der Waals surface area contributed by atoms with Gasteiger partial charge in [0, 0.05) is 13.1 Å². The van der Waals surface area contributed by atoms with Crippen molar-refractivity contribution in [2.45, 2.75) is 0 Å². The number of aromatic nitrogens is 2. The lowest BCUT2D eigenvalue weighted by Gasteiger charge is -2.05. The molecule has 0 amide bonds. The second-order valence-electron chi connectivity index (χ2n) is 3.24. The van der Waals surface area contributed by atoms with Gasteiger partial charge in [-0.1, -0.05) is 0 Å². The number of nitrogens with zero attached hydrogens (tertiary/aromatic N) is 2. The van der Waals surface area contributed by atoms with E-state index in [1.54, 1.807) is 35.3 Å². The van der Waals surface area contributed by atoms with Gasteiger partial charge in [-0.15, -0.1) is 0 Å². The van der Waals surface area contributed by atoms with Crippen molar-refractivity contribution >= 4 is 11.4 Å². The number of hydrogen-bond donors (Lipinski definition) is 2. The van der Waals surface area contributed by atoms with Crippen LogP contribution < -0.4 is 16.2 Å². The first-order chi connectivity index (χ1) is 7.15. The Morgan fingerprint density at radius 1 is 1.20 bits per heavy atom. The van der Waals surface area contributed by atoms with Gasteiger partial charge >= 0.3 is 0 Å². The van der Waals surface area contributed by atoms with Crippen LogP contribution in [0.3, 0.4) is 0 Å². The fourth-order valence-electron chi connectivity index (χ4n) is 1.20. The summed E-state index contributed by atoms with van der Waals surface area (Å²) in [6, 6.07) is 5.15. The van der Waals surface area contributed by atoms with E-state index in [0.29, 0.717) is 22.9 Å². The number of ether oxygens (including phenoxy) is 1. The zero-order valence-corrected chi connectivity index (χ0v) is 8.34. The van der Waals surface area contributed by atoms with Crippen LogP contribution in [0, 0.1) is 0 Å². The fourth-order valence-corrected chi connectivity index (χ4v) is 1.20. The van der Waals surface area contributed by atoms with Crippen molar-refractivity contribution in [3.63, 3.8) is 0 Å². The van der Waals surface area contributed by atoms with Gasteiger partial charge in [-0.05, 0) is 12.1 Å². The molecule has 5 heteroatoms. The maximum Gasteiger partial charge on any atom is 0.165 e. The first-order valence-electron chi connectivity index (χ1n) is 4.46. The van der Waals surface area contributed by atoms with E-state index in [9.17, 15) is 0 Å². The topological polar surface area (TPSA) is 79.1 Å². The second-order valence-corrected chi connectivity index (χ2v) is 3.24. The van der Waals surface area contributed by atoms with Gasteiger partial charge in [0.25, 0.3) is 0 Å². The molecule has 15 heavy (non-hydrogen) atoms. The molecule has 1 aromatic carbocycles. The summed E-state index contributed by atoms with van der Waals surface area (Å²) in [6.45, 7) is 0. The molecule has 5 nitrogen and oxygen atoms in total. The summed E-state index contributed by atoms with van der Waals surface area (Å²) in [5.41, 5.74) is 12.3. The van der Waals surface area contributed by atoms with Gasteiger partial charge in [0.05, 0.1) is 23.8 Å². The normalized spacial score (nSPS) is 10.2. The van der Waals surface area contributed by atoms with Crippen LogP contribution in [-0.2, 0) is 7.05 Å². The number of anilines is 2. The lowest BCUT2D eigenvalue weighted by Crippen LogP contribution is -1.94. The van der Waals surface area contributed by atoms with Crippen molar-refractivity contribution in [1.82, 2.24) is 9.78 Å². The van der Waals surface area contributed by atoms with E-state index in [1.807, 2.05) is 7.05 Å². The third-order valence-electron chi connectivity index (χ3n) is 1.98. The Morgan fingerprint density at radius 2 is 2.00 bits per heavy atom. The third-order valence-corrected chi connectivity index (χ3v) is 1.98. The van der Waals surface area contributed by atoms with Gasteiger partial charge < -0.3 is 16.2 Å². The molecule has 0 unspecified atom stereocenters. The average Bonchev–Trinajstić information content (AvgIpc) is 2.58. The number of benzene rings is 1. The van der Waals surface area contributed by atoms with E-state index >= 15 is 0 Å². The number of aryl methyl sites for hydroxylation is 1. The monoisotopic (exact) mass is 204 g/mol. The molecule has 1 aromatic heterocycles. The Kier molecular flexibility index (Phi) is 2.21. The molecular weight excluding hydrogens is 192 g/mol. The van der Waals surface area contributed by atoms with Crippen molar-refractivity contribution in [2.75, 3.05) is 11.5 Å². The Balaban J connectivity index is 2.21. The van der Waals surface area contributed by atoms with E-state index in [0.717, 1.165) is 0 Å². The van der Waals surface area contributed by atoms with Crippen LogP contribution in [0.15, 0.2) is 30.6 Å². The van der Waals surface area contributed by atoms with Gasteiger partial charge in [-0.2, -0.15) is 5.10 Å². The summed E-state index contributed by atoms with van der Waals surface area (Å²) in [7, 11) is 1.82. The van der Waals surface area contributed by atoms with Crippen LogP contribution in [0.4, 0.5) is 11.4 Å². The summed E-state index contributed by atoms with van der Waals surface area (Å²) >= 11 is 0. The first-order valence-corrected chi connectivity index (χ1v) is 4.46. The summed E-state index contributed by atoms with van der Waals surface area (Å²) in [6.07, 6.45) is 3.40. The van der Waals surface area contributed by atoms with Crippen molar-refractivity contribution < 1.29 is 4.74 Å². The molecule has 2 aromatic rings. The highest BCUT2D eigenvalue weighted by Crippen LogP contribution is 2.25. The third kappa shape index (κ3) is 2.01. The van der Waals surface area contributed by atoms with E-state index < -0.39 is 0 Å². The maximum absolute atomic E-state index is 5.65. The van der Waals surface area contributed by atoms with Crippen molar-refractivity contribution in [2.24, 2.45) is 7.05 Å². The van der Waals surface area contributed by atoms with Crippen LogP contribution >= 0.6 is 0 Å². The van der Waals surface area contributed by atoms with Gasteiger partial charge in [0.2, 0.25) is 0 Å². The van der Waals surface area contributed by atoms with Crippen LogP contribution in [-0.4, -0.2) is 9.78 Å². The second kappa shape index (κ2) is 3.53. The standard InChI is InChI=1S/C10H12N4O/c1-14-6-8(5-13-14)15-7-2-3-9(11)10(12)4-7/h2-6H,11-12H2,1H3. The number of nitrogens with two attached hydrogens (primary N) is 2. The smallest absolute Gasteiger partial charge is 0.165 e. The Labute approximate surface area is 87.3 Å². The van der Waals surface area contributed by atoms with E-state index in [2.05, 4.69) is 5.10 Å². The van der Waals surface area contributed by atoms with Crippen LogP contribution in [0.2, 0.25) is 0 Å². The zero-order chi connectivity index (χ0) is 10.8. The predicted octanol–water partition coefficient (Wildman–Crippen LogP) is 1.38. The molecule has 0 bridgehead atoms. The number of nitrogen functional groups attached to an aromatic ring is 2. The van der Waals surface area contributed by atoms with Crippen molar-refractivity contribution in [1.29, 1.82) is 0 Å². The molecule has 0 saturated heterocycles. The highest BCUT2D eigenvalue weighted by molar-refractivity contribution is 5.65. The molecule has 78 valence electrons. The highest BCUT2D eigenvalue weighted by atomic mass is 16.5. The lowest BCUT2D eigenvalue weighted by molar-refractivity contribution is 0.482. The largest absolute Gasteiger partial charge is 0.454 e. The van der Waals surface area contributed by atoms with Gasteiger partial charge in [0.15, 0.2) is 5.75 Å². The maximum atomic E-state index is 5.65. The fraction of sp³-hybridized carbons (Fsp3) is 0.100. The van der Waals surface area contributed by atoms with Crippen LogP contribution in [0.5, 0.6) is 11.5 Å². The molecular formula is C10H12N4O. The lowest BCUT2D eigenvalue weighted by atomic mass is 10.2. The minimum absolute atomic E-state index is 0.511. The molecule has 4 N–H and O–H groups in total. The summed E-state index contributed by atoms with van der Waals surface area (Å²) in [4.78, 5) is 0. The van der Waals surface area contributed by atoms with Gasteiger partial charge in [-0.3, -0.25) is 4.68 Å². The zero-order valence-electron chi connectivity index (χ0n) is 8.34. The van der Waals surface area contributed by atoms with Crippen molar-refractivity contribution in [3.8, 4) is 11.5 Å². The molecule has 0 aliphatic heterocycles. The summed E-state index contributed by atoms with van der Waals surface area (Å²) < 4.78 is 7.18. The molecule has 0 aliphatic rings. The Morgan fingerprint density at radius 3 is 2.60 bits per heavy atom. The van der Waals surface area contributed by atoms with Gasteiger partial charge in [0.1, 0.15) is 5.75 Å². The Hall–Kier alpha value is -2.17. The molecule has 0 saturated carbocycles. The number of hydrogen-bond acceptors (Lipinski definition) is 4. The van der Waals surface area contributed by atoms with Gasteiger partial charge in [-0.25, -0.2) is 0 Å². The average molecular weight is 204 g/mol. The summed E-state index contributed by atoms with van der Waals surface area (Å²) in [5, 5.41) is 3.99. The molecule has 0 atom stereocenters. The quantitative estimate of drug-likeness (QED) is 0.724. The minimum Gasteiger partial charge on any atom is -0.454 e. The molecule has 1 heterocycles. The minimum atomic E-state index is 0.511. The molecule has 0 spiro atoms. The van der Waals surface area contributed by atoms with Crippen LogP contribution in [0.25, 0.3) is 0 Å². The molecule has 0 fully saturated rings. The highest BCUT2D eigenvalue weighted by Gasteiger charge is 2.01. The van der Waals surface area contributed by atoms with E-state index in [1.165, 1.54) is 0 Å². The predicted molar refractivity (Wildman–Crippen MR) is 58.5 cm³/mol. The van der Waals surface area contributed by atoms with E-state index in [-0.39, 0.29) is 0 Å². The van der Waals surface area contributed by atoms with Crippen LogP contribution in [0.1, 0.15) is 0 Å². The SMILES string of the molecule is Cn1cc(Oc2ccc(N)c(N)c2)cn1. The van der Waals surface area contributed by atoms with Crippen molar-refractivity contribution in [3.05, 3.63) is 30.6 Å². The van der Waals surface area contributed by atoms with E-state index in [4.69, 9.17) is 16.2 Å². The number of rotatable bonds is 2. The Bertz CT molecular complexity index is 478. The molecule has 0 radical (unpaired) electrons. The first kappa shape index (κ1) is 9.39.